The van der Waals surface area contributed by atoms with Crippen molar-refractivity contribution in [1.82, 2.24) is 0 Å². The summed E-state index contributed by atoms with van der Waals surface area (Å²) < 4.78 is 6.08. The van der Waals surface area contributed by atoms with Crippen molar-refractivity contribution >= 4 is 43.5 Å². The van der Waals surface area contributed by atoms with Gasteiger partial charge in [-0.05, 0) is 79.2 Å². The van der Waals surface area contributed by atoms with Gasteiger partial charge in [-0.15, -0.1) is 0 Å². The molecule has 1 nitrogen and oxygen atoms in total. The van der Waals surface area contributed by atoms with Crippen LogP contribution in [0.3, 0.4) is 0 Å². The number of rotatable bonds is 3. The Kier molecular flexibility index (Phi) is 4.89. The third-order valence-corrected chi connectivity index (χ3v) is 7.86. The van der Waals surface area contributed by atoms with Gasteiger partial charge in [0.1, 0.15) is 11.2 Å². The van der Waals surface area contributed by atoms with Crippen molar-refractivity contribution in [2.75, 3.05) is 0 Å². The Morgan fingerprint density at radius 3 is 1.46 bits per heavy atom. The summed E-state index contributed by atoms with van der Waals surface area (Å²) >= 11 is 0. The van der Waals surface area contributed by atoms with Crippen molar-refractivity contribution in [2.24, 2.45) is 0 Å². The Bertz CT molecular complexity index is 2110. The van der Waals surface area contributed by atoms with E-state index >= 15 is 0 Å². The molecule has 0 saturated carbocycles. The van der Waals surface area contributed by atoms with Crippen LogP contribution in [-0.4, -0.2) is 0 Å². The van der Waals surface area contributed by atoms with E-state index in [1.807, 2.05) is 12.1 Å². The van der Waals surface area contributed by atoms with E-state index in [1.165, 1.54) is 54.9 Å². The van der Waals surface area contributed by atoms with Gasteiger partial charge in [0.2, 0.25) is 0 Å². The van der Waals surface area contributed by atoms with Crippen molar-refractivity contribution in [1.29, 1.82) is 0 Å². The van der Waals surface area contributed by atoms with Gasteiger partial charge in [0.05, 0.1) is 0 Å². The van der Waals surface area contributed by atoms with E-state index in [9.17, 15) is 0 Å². The number of benzene rings is 7. The molecular formula is C38H24O. The molecule has 8 rings (SSSR count). The largest absolute Gasteiger partial charge is 0.456 e. The fourth-order valence-corrected chi connectivity index (χ4v) is 6.12. The third kappa shape index (κ3) is 3.48. The molecule has 0 N–H and O–H groups in total. The van der Waals surface area contributed by atoms with Gasteiger partial charge in [0, 0.05) is 10.8 Å². The summed E-state index contributed by atoms with van der Waals surface area (Å²) in [5, 5.41) is 7.38. The molecule has 0 unspecified atom stereocenters. The maximum Gasteiger partial charge on any atom is 0.135 e. The zero-order chi connectivity index (χ0) is 25.8. The first-order valence-corrected chi connectivity index (χ1v) is 13.4. The van der Waals surface area contributed by atoms with Crippen LogP contribution in [0.1, 0.15) is 0 Å². The van der Waals surface area contributed by atoms with Gasteiger partial charge in [-0.2, -0.15) is 0 Å². The number of fused-ring (bicyclic) bond motifs is 5. The van der Waals surface area contributed by atoms with E-state index in [4.69, 9.17) is 4.42 Å². The second kappa shape index (κ2) is 8.72. The second-order valence-corrected chi connectivity index (χ2v) is 10.1. The molecule has 39 heavy (non-hydrogen) atoms. The maximum atomic E-state index is 6.08. The van der Waals surface area contributed by atoms with Crippen LogP contribution in [-0.2, 0) is 0 Å². The van der Waals surface area contributed by atoms with Crippen LogP contribution in [0.2, 0.25) is 0 Å². The molecule has 0 saturated heterocycles. The molecule has 1 heterocycles. The molecule has 0 atom stereocenters. The molecule has 0 bridgehead atoms. The average Bonchev–Trinajstić information content (AvgIpc) is 3.38. The molecule has 0 fully saturated rings. The third-order valence-electron chi connectivity index (χ3n) is 7.86. The highest BCUT2D eigenvalue weighted by Crippen LogP contribution is 2.44. The maximum absolute atomic E-state index is 6.08. The molecule has 0 aliphatic rings. The van der Waals surface area contributed by atoms with Crippen molar-refractivity contribution in [3.63, 3.8) is 0 Å². The molecular weight excluding hydrogens is 472 g/mol. The number of para-hydroxylation sites is 1. The molecule has 8 aromatic rings. The highest BCUT2D eigenvalue weighted by molar-refractivity contribution is 6.21. The van der Waals surface area contributed by atoms with Crippen LogP contribution in [0, 0.1) is 0 Å². The highest BCUT2D eigenvalue weighted by atomic mass is 16.3. The normalized spacial score (nSPS) is 11.6. The topological polar surface area (TPSA) is 13.1 Å². The van der Waals surface area contributed by atoms with Gasteiger partial charge in [-0.1, -0.05) is 121 Å². The molecule has 0 aliphatic heterocycles. The Balaban J connectivity index is 1.38. The number of hydrogen-bond donors (Lipinski definition) is 0. The lowest BCUT2D eigenvalue weighted by molar-refractivity contribution is 0.669. The van der Waals surface area contributed by atoms with Crippen molar-refractivity contribution in [2.45, 2.75) is 0 Å². The van der Waals surface area contributed by atoms with Gasteiger partial charge in [-0.25, -0.2) is 0 Å². The summed E-state index contributed by atoms with van der Waals surface area (Å²) in [4.78, 5) is 0. The van der Waals surface area contributed by atoms with Gasteiger partial charge in [-0.3, -0.25) is 0 Å². The first kappa shape index (κ1) is 21.9. The van der Waals surface area contributed by atoms with E-state index in [1.54, 1.807) is 0 Å². The Hall–Kier alpha value is -5.14. The Morgan fingerprint density at radius 1 is 0.282 bits per heavy atom. The van der Waals surface area contributed by atoms with Crippen LogP contribution in [0.15, 0.2) is 150 Å². The summed E-state index contributed by atoms with van der Waals surface area (Å²) in [5.74, 6) is 0. The summed E-state index contributed by atoms with van der Waals surface area (Å²) in [6.45, 7) is 0. The molecule has 1 aromatic heterocycles. The quantitative estimate of drug-likeness (QED) is 0.222. The highest BCUT2D eigenvalue weighted by Gasteiger charge is 2.17. The standard InChI is InChI=1S/C38H24O/c1-2-11-25(12-3-1)37-30-16-4-6-18-32(30)38(33-19-7-5-17-31(33)37)28-14-10-13-26(23-28)27-21-22-36-34(24-27)29-15-8-9-20-35(29)39-36/h1-24H. The van der Waals surface area contributed by atoms with Crippen LogP contribution in [0.25, 0.3) is 76.9 Å². The molecule has 0 aliphatic carbocycles. The lowest BCUT2D eigenvalue weighted by Crippen LogP contribution is -1.91. The van der Waals surface area contributed by atoms with Gasteiger partial charge >= 0.3 is 0 Å². The summed E-state index contributed by atoms with van der Waals surface area (Å²) in [6, 6.07) is 52.1. The van der Waals surface area contributed by atoms with Crippen LogP contribution in [0.5, 0.6) is 0 Å². The first-order chi connectivity index (χ1) is 19.3. The summed E-state index contributed by atoms with van der Waals surface area (Å²) in [5.41, 5.74) is 9.25. The number of hydrogen-bond acceptors (Lipinski definition) is 1. The molecule has 0 spiro atoms. The van der Waals surface area contributed by atoms with Crippen LogP contribution >= 0.6 is 0 Å². The summed E-state index contributed by atoms with van der Waals surface area (Å²) in [7, 11) is 0. The summed E-state index contributed by atoms with van der Waals surface area (Å²) in [6.07, 6.45) is 0. The Labute approximate surface area is 226 Å². The van der Waals surface area contributed by atoms with E-state index in [0.29, 0.717) is 0 Å². The fourth-order valence-electron chi connectivity index (χ4n) is 6.12. The second-order valence-electron chi connectivity index (χ2n) is 10.1. The molecule has 0 amide bonds. The van der Waals surface area contributed by atoms with Crippen LogP contribution < -0.4 is 0 Å². The average molecular weight is 497 g/mol. The minimum atomic E-state index is 0.921. The zero-order valence-electron chi connectivity index (χ0n) is 21.3. The van der Waals surface area contributed by atoms with Crippen LogP contribution in [0.4, 0.5) is 0 Å². The lowest BCUT2D eigenvalue weighted by Gasteiger charge is -2.18. The predicted octanol–water partition coefficient (Wildman–Crippen LogP) is 10.9. The molecule has 7 aromatic carbocycles. The van der Waals surface area contributed by atoms with Crippen molar-refractivity contribution in [3.05, 3.63) is 146 Å². The zero-order valence-corrected chi connectivity index (χ0v) is 21.3. The lowest BCUT2D eigenvalue weighted by atomic mass is 9.85. The van der Waals surface area contributed by atoms with E-state index in [2.05, 4.69) is 133 Å². The predicted molar refractivity (Wildman–Crippen MR) is 165 cm³/mol. The van der Waals surface area contributed by atoms with Gasteiger partial charge < -0.3 is 4.42 Å². The fraction of sp³-hybridized carbons (Fsp3) is 0. The van der Waals surface area contributed by atoms with E-state index in [-0.39, 0.29) is 0 Å². The SMILES string of the molecule is c1ccc(-c2c3ccccc3c(-c3cccc(-c4ccc5oc6ccccc6c5c4)c3)c3ccccc23)cc1. The van der Waals surface area contributed by atoms with Crippen molar-refractivity contribution < 1.29 is 4.42 Å². The smallest absolute Gasteiger partial charge is 0.135 e. The Morgan fingerprint density at radius 2 is 0.769 bits per heavy atom. The molecule has 182 valence electrons. The van der Waals surface area contributed by atoms with Gasteiger partial charge in [0.15, 0.2) is 0 Å². The first-order valence-electron chi connectivity index (χ1n) is 13.4. The minimum Gasteiger partial charge on any atom is -0.456 e. The number of furan rings is 1. The van der Waals surface area contributed by atoms with Crippen molar-refractivity contribution in [3.8, 4) is 33.4 Å². The van der Waals surface area contributed by atoms with Gasteiger partial charge in [0.25, 0.3) is 0 Å². The minimum absolute atomic E-state index is 0.921. The monoisotopic (exact) mass is 496 g/mol. The van der Waals surface area contributed by atoms with E-state index < -0.39 is 0 Å². The van der Waals surface area contributed by atoms with E-state index in [0.717, 1.165) is 21.9 Å². The molecule has 0 radical (unpaired) electrons. The molecule has 1 heteroatoms.